The summed E-state index contributed by atoms with van der Waals surface area (Å²) in [6.07, 6.45) is 0.658. The van der Waals surface area contributed by atoms with E-state index in [1.54, 1.807) is 19.2 Å². The normalized spacial score (nSPS) is 10.6. The van der Waals surface area contributed by atoms with Crippen molar-refractivity contribution < 1.29 is 18.7 Å². The molecule has 0 aliphatic rings. The van der Waals surface area contributed by atoms with Crippen LogP contribution in [0.1, 0.15) is 17.5 Å². The summed E-state index contributed by atoms with van der Waals surface area (Å²) in [7, 11) is 3.03. The van der Waals surface area contributed by atoms with Crippen LogP contribution in [-0.2, 0) is 11.2 Å². The number of benzene rings is 2. The number of carbonyl (C=O) groups excluding carboxylic acids is 1. The molecule has 0 radical (unpaired) electrons. The molecular formula is C21H21FN2O3S. The minimum atomic E-state index is -0.433. The van der Waals surface area contributed by atoms with Gasteiger partial charge in [-0.3, -0.25) is 4.79 Å². The molecule has 1 amide bonds. The zero-order valence-electron chi connectivity index (χ0n) is 15.9. The monoisotopic (exact) mass is 400 g/mol. The fraction of sp³-hybridized carbons (Fsp3) is 0.238. The lowest BCUT2D eigenvalue weighted by atomic mass is 10.1. The van der Waals surface area contributed by atoms with Gasteiger partial charge in [-0.1, -0.05) is 17.7 Å². The number of halogens is 1. The number of nitrogens with zero attached hydrogens (tertiary/aromatic N) is 1. The smallest absolute Gasteiger partial charge is 0.226 e. The van der Waals surface area contributed by atoms with Crippen molar-refractivity contribution in [2.75, 3.05) is 19.5 Å². The highest BCUT2D eigenvalue weighted by atomic mass is 32.1. The molecule has 0 aliphatic carbocycles. The van der Waals surface area contributed by atoms with E-state index in [-0.39, 0.29) is 18.1 Å². The Bertz CT molecular complexity index is 988. The molecule has 5 nitrogen and oxygen atoms in total. The molecular weight excluding hydrogens is 379 g/mol. The molecule has 0 unspecified atom stereocenters. The maximum Gasteiger partial charge on any atom is 0.226 e. The predicted molar refractivity (Wildman–Crippen MR) is 109 cm³/mol. The second-order valence-electron chi connectivity index (χ2n) is 6.26. The predicted octanol–water partition coefficient (Wildman–Crippen LogP) is 4.85. The molecule has 0 aliphatic heterocycles. The Morgan fingerprint density at radius 2 is 1.89 bits per heavy atom. The summed E-state index contributed by atoms with van der Waals surface area (Å²) >= 11 is 1.35. The summed E-state index contributed by atoms with van der Waals surface area (Å²) in [6.45, 7) is 2.00. The van der Waals surface area contributed by atoms with Gasteiger partial charge in [-0.2, -0.15) is 0 Å². The number of hydrogen-bond acceptors (Lipinski definition) is 5. The molecule has 0 atom stereocenters. The summed E-state index contributed by atoms with van der Waals surface area (Å²) < 4.78 is 24.0. The van der Waals surface area contributed by atoms with Crippen molar-refractivity contribution >= 4 is 22.4 Å². The van der Waals surface area contributed by atoms with Crippen LogP contribution in [-0.4, -0.2) is 25.1 Å². The van der Waals surface area contributed by atoms with Crippen LogP contribution in [0.15, 0.2) is 41.8 Å². The first kappa shape index (κ1) is 19.8. The van der Waals surface area contributed by atoms with Crippen molar-refractivity contribution in [1.82, 2.24) is 4.98 Å². The number of rotatable bonds is 7. The van der Waals surface area contributed by atoms with E-state index in [0.717, 1.165) is 28.1 Å². The SMILES string of the molecule is COc1ccc(CCC(=O)Nc2nc(-c3cc(C)ccc3OC)cs2)cc1F. The van der Waals surface area contributed by atoms with Crippen molar-refractivity contribution in [3.05, 3.63) is 58.7 Å². The molecule has 0 fully saturated rings. The summed E-state index contributed by atoms with van der Waals surface area (Å²) in [5.41, 5.74) is 3.46. The van der Waals surface area contributed by atoms with Gasteiger partial charge in [0.2, 0.25) is 5.91 Å². The van der Waals surface area contributed by atoms with Gasteiger partial charge in [0, 0.05) is 17.4 Å². The lowest BCUT2D eigenvalue weighted by molar-refractivity contribution is -0.116. The number of thiazole rings is 1. The van der Waals surface area contributed by atoms with Crippen LogP contribution in [0.5, 0.6) is 11.5 Å². The maximum atomic E-state index is 13.7. The number of amides is 1. The van der Waals surface area contributed by atoms with Gasteiger partial charge in [0.25, 0.3) is 0 Å². The third-order valence-corrected chi connectivity index (χ3v) is 5.00. The van der Waals surface area contributed by atoms with Crippen molar-refractivity contribution in [1.29, 1.82) is 0 Å². The molecule has 0 bridgehead atoms. The van der Waals surface area contributed by atoms with Crippen LogP contribution in [0.3, 0.4) is 0 Å². The van der Waals surface area contributed by atoms with Gasteiger partial charge >= 0.3 is 0 Å². The highest BCUT2D eigenvalue weighted by Gasteiger charge is 2.12. The largest absolute Gasteiger partial charge is 0.496 e. The molecule has 7 heteroatoms. The van der Waals surface area contributed by atoms with E-state index in [2.05, 4.69) is 10.3 Å². The Labute approximate surface area is 167 Å². The minimum absolute atomic E-state index is 0.173. The first-order valence-electron chi connectivity index (χ1n) is 8.73. The van der Waals surface area contributed by atoms with Crippen LogP contribution in [0.25, 0.3) is 11.3 Å². The third-order valence-electron chi connectivity index (χ3n) is 4.24. The van der Waals surface area contributed by atoms with Crippen LogP contribution < -0.4 is 14.8 Å². The molecule has 3 rings (SSSR count). The van der Waals surface area contributed by atoms with Crippen molar-refractivity contribution in [2.24, 2.45) is 0 Å². The van der Waals surface area contributed by atoms with Gasteiger partial charge in [-0.25, -0.2) is 9.37 Å². The summed E-state index contributed by atoms with van der Waals surface area (Å²) in [5, 5.41) is 5.20. The second-order valence-corrected chi connectivity index (χ2v) is 7.12. The molecule has 28 heavy (non-hydrogen) atoms. The van der Waals surface area contributed by atoms with Gasteiger partial charge < -0.3 is 14.8 Å². The van der Waals surface area contributed by atoms with Gasteiger partial charge in [0.05, 0.1) is 19.9 Å². The van der Waals surface area contributed by atoms with E-state index >= 15 is 0 Å². The lowest BCUT2D eigenvalue weighted by Gasteiger charge is -2.07. The van der Waals surface area contributed by atoms with E-state index in [0.29, 0.717) is 11.6 Å². The van der Waals surface area contributed by atoms with Gasteiger partial charge in [0.1, 0.15) is 5.75 Å². The van der Waals surface area contributed by atoms with E-state index in [1.807, 2.05) is 30.5 Å². The Kier molecular flexibility index (Phi) is 6.26. The van der Waals surface area contributed by atoms with Crippen molar-refractivity contribution in [3.8, 4) is 22.8 Å². The fourth-order valence-electron chi connectivity index (χ4n) is 2.78. The number of aromatic nitrogens is 1. The number of aryl methyl sites for hydroxylation is 2. The average Bonchev–Trinajstić information content (AvgIpc) is 3.14. The van der Waals surface area contributed by atoms with E-state index in [1.165, 1.54) is 24.5 Å². The quantitative estimate of drug-likeness (QED) is 0.616. The van der Waals surface area contributed by atoms with Crippen molar-refractivity contribution in [2.45, 2.75) is 19.8 Å². The third kappa shape index (κ3) is 4.67. The Morgan fingerprint density at radius 1 is 1.14 bits per heavy atom. The highest BCUT2D eigenvalue weighted by Crippen LogP contribution is 2.33. The number of carbonyl (C=O) groups is 1. The Hall–Kier alpha value is -2.93. The van der Waals surface area contributed by atoms with Crippen LogP contribution in [0, 0.1) is 12.7 Å². The fourth-order valence-corrected chi connectivity index (χ4v) is 3.51. The highest BCUT2D eigenvalue weighted by molar-refractivity contribution is 7.14. The van der Waals surface area contributed by atoms with Crippen LogP contribution in [0.4, 0.5) is 9.52 Å². The van der Waals surface area contributed by atoms with Gasteiger partial charge in [0.15, 0.2) is 16.7 Å². The number of hydrogen-bond donors (Lipinski definition) is 1. The molecule has 3 aromatic rings. The zero-order chi connectivity index (χ0) is 20.1. The Morgan fingerprint density at radius 3 is 2.61 bits per heavy atom. The topological polar surface area (TPSA) is 60.5 Å². The first-order chi connectivity index (χ1) is 13.5. The number of anilines is 1. The maximum absolute atomic E-state index is 13.7. The molecule has 1 aromatic heterocycles. The molecule has 1 heterocycles. The standard InChI is InChI=1S/C21H21FN2O3S/c1-13-4-7-18(26-2)15(10-13)17-12-28-21(23-17)24-20(25)9-6-14-5-8-19(27-3)16(22)11-14/h4-5,7-8,10-12H,6,9H2,1-3H3,(H,23,24,25). The summed E-state index contributed by atoms with van der Waals surface area (Å²) in [4.78, 5) is 16.7. The molecule has 0 spiro atoms. The van der Waals surface area contributed by atoms with Crippen LogP contribution >= 0.6 is 11.3 Å². The summed E-state index contributed by atoms with van der Waals surface area (Å²) in [5.74, 6) is 0.316. The van der Waals surface area contributed by atoms with Gasteiger partial charge in [-0.15, -0.1) is 11.3 Å². The number of nitrogens with one attached hydrogen (secondary N) is 1. The zero-order valence-corrected chi connectivity index (χ0v) is 16.7. The molecule has 2 aromatic carbocycles. The number of methoxy groups -OCH3 is 2. The molecule has 1 N–H and O–H groups in total. The Balaban J connectivity index is 1.63. The average molecular weight is 400 g/mol. The van der Waals surface area contributed by atoms with E-state index in [9.17, 15) is 9.18 Å². The first-order valence-corrected chi connectivity index (χ1v) is 9.61. The lowest BCUT2D eigenvalue weighted by Crippen LogP contribution is -2.12. The van der Waals surface area contributed by atoms with Gasteiger partial charge in [-0.05, 0) is 43.2 Å². The summed E-state index contributed by atoms with van der Waals surface area (Å²) in [6, 6.07) is 10.6. The minimum Gasteiger partial charge on any atom is -0.496 e. The number of ether oxygens (including phenoxy) is 2. The van der Waals surface area contributed by atoms with Crippen LogP contribution in [0.2, 0.25) is 0 Å². The molecule has 0 saturated heterocycles. The molecule has 146 valence electrons. The molecule has 0 saturated carbocycles. The van der Waals surface area contributed by atoms with Crippen molar-refractivity contribution in [3.63, 3.8) is 0 Å². The second kappa shape index (κ2) is 8.84. The van der Waals surface area contributed by atoms with E-state index in [4.69, 9.17) is 9.47 Å². The van der Waals surface area contributed by atoms with E-state index < -0.39 is 5.82 Å².